The summed E-state index contributed by atoms with van der Waals surface area (Å²) in [4.78, 5) is 10.6. The molecule has 0 aliphatic heterocycles. The van der Waals surface area contributed by atoms with Crippen molar-refractivity contribution in [3.05, 3.63) is 41.5 Å². The van der Waals surface area contributed by atoms with Crippen LogP contribution in [0.15, 0.2) is 46.0 Å². The summed E-state index contributed by atoms with van der Waals surface area (Å²) in [5.41, 5.74) is -0.259. The number of aliphatic hydroxyl groups is 1. The second-order valence-corrected chi connectivity index (χ2v) is 2.92. The summed E-state index contributed by atoms with van der Waals surface area (Å²) in [6.45, 7) is 1.19. The van der Waals surface area contributed by atoms with Crippen LogP contribution in [-0.2, 0) is 4.79 Å². The molecule has 6 heteroatoms. The minimum Gasteiger partial charge on any atom is -0.510 e. The molecule has 0 saturated heterocycles. The summed E-state index contributed by atoms with van der Waals surface area (Å²) < 4.78 is 12.5. The second-order valence-electron chi connectivity index (χ2n) is 2.92. The van der Waals surface area contributed by atoms with Gasteiger partial charge in [0.25, 0.3) is 0 Å². The summed E-state index contributed by atoms with van der Waals surface area (Å²) in [7, 11) is 0. The van der Waals surface area contributed by atoms with E-state index in [1.807, 2.05) is 0 Å². The Kier molecular flexibility index (Phi) is 3.71. The minimum absolute atomic E-state index is 0.293. The number of carbonyl (C=O) groups is 1. The average molecular weight is 224 g/mol. The Labute approximate surface area is 90.6 Å². The summed E-state index contributed by atoms with van der Waals surface area (Å²) in [5, 5.41) is 24.5. The van der Waals surface area contributed by atoms with Crippen LogP contribution in [0.1, 0.15) is 6.92 Å². The van der Waals surface area contributed by atoms with Crippen molar-refractivity contribution in [1.82, 2.24) is 0 Å². The van der Waals surface area contributed by atoms with Crippen molar-refractivity contribution in [2.75, 3.05) is 0 Å². The number of aliphatic hydroxyl groups excluding tert-OH is 1. The number of hydrogen-bond donors (Lipinski definition) is 2. The van der Waals surface area contributed by atoms with E-state index in [0.717, 1.165) is 0 Å². The third-order valence-corrected chi connectivity index (χ3v) is 1.64. The minimum atomic E-state index is -1.38. The predicted molar refractivity (Wildman–Crippen MR) is 53.9 cm³/mol. The lowest BCUT2D eigenvalue weighted by atomic mass is 10.3. The molecule has 0 unspecified atom stereocenters. The molecule has 0 aliphatic carbocycles. The van der Waals surface area contributed by atoms with E-state index in [4.69, 9.17) is 10.2 Å². The SMILES string of the molecule is CC(O)=C(N=Nc1ccc(F)cc1)C(=O)O. The number of hydrogen-bond acceptors (Lipinski definition) is 4. The average Bonchev–Trinajstić information content (AvgIpc) is 2.20. The molecule has 0 saturated carbocycles. The third kappa shape index (κ3) is 3.16. The van der Waals surface area contributed by atoms with Crippen molar-refractivity contribution in [3.8, 4) is 0 Å². The van der Waals surface area contributed by atoms with Gasteiger partial charge in [-0.2, -0.15) is 5.11 Å². The summed E-state index contributed by atoms with van der Waals surface area (Å²) >= 11 is 0. The molecule has 1 rings (SSSR count). The Hall–Kier alpha value is -2.24. The molecular weight excluding hydrogens is 215 g/mol. The molecule has 84 valence electrons. The van der Waals surface area contributed by atoms with Gasteiger partial charge in [0, 0.05) is 0 Å². The number of nitrogens with zero attached hydrogens (tertiary/aromatic N) is 2. The van der Waals surface area contributed by atoms with Gasteiger partial charge in [0.2, 0.25) is 5.70 Å². The number of azo groups is 1. The molecule has 0 aromatic heterocycles. The Morgan fingerprint density at radius 3 is 2.25 bits per heavy atom. The van der Waals surface area contributed by atoms with E-state index >= 15 is 0 Å². The molecule has 0 radical (unpaired) electrons. The van der Waals surface area contributed by atoms with E-state index < -0.39 is 23.2 Å². The standard InChI is InChI=1S/C10H9FN2O3/c1-6(14)9(10(15)16)13-12-8-4-2-7(11)3-5-8/h2-5,14H,1H3,(H,15,16). The molecule has 0 atom stereocenters. The number of aliphatic carboxylic acids is 1. The van der Waals surface area contributed by atoms with Crippen molar-refractivity contribution in [2.24, 2.45) is 10.2 Å². The van der Waals surface area contributed by atoms with Gasteiger partial charge in [-0.05, 0) is 31.2 Å². The molecule has 1 aromatic carbocycles. The number of carboxylic acids is 1. The quantitative estimate of drug-likeness (QED) is 0.470. The number of allylic oxidation sites excluding steroid dienone is 1. The largest absolute Gasteiger partial charge is 0.510 e. The molecule has 0 heterocycles. The third-order valence-electron chi connectivity index (χ3n) is 1.64. The van der Waals surface area contributed by atoms with E-state index in [1.165, 1.54) is 31.2 Å². The van der Waals surface area contributed by atoms with Gasteiger partial charge in [-0.3, -0.25) is 0 Å². The number of rotatable bonds is 3. The highest BCUT2D eigenvalue weighted by Crippen LogP contribution is 2.15. The fraction of sp³-hybridized carbons (Fsp3) is 0.100. The van der Waals surface area contributed by atoms with E-state index in [9.17, 15) is 9.18 Å². The monoisotopic (exact) mass is 224 g/mol. The topological polar surface area (TPSA) is 82.2 Å². The van der Waals surface area contributed by atoms with Crippen LogP contribution in [0.5, 0.6) is 0 Å². The Balaban J connectivity index is 2.92. The normalized spacial score (nSPS) is 12.6. The van der Waals surface area contributed by atoms with Gasteiger partial charge in [0.05, 0.1) is 5.69 Å². The molecule has 16 heavy (non-hydrogen) atoms. The lowest BCUT2D eigenvalue weighted by Crippen LogP contribution is -2.00. The maximum Gasteiger partial charge on any atom is 0.359 e. The van der Waals surface area contributed by atoms with Gasteiger partial charge >= 0.3 is 5.97 Å². The molecule has 0 fully saturated rings. The van der Waals surface area contributed by atoms with E-state index in [1.54, 1.807) is 0 Å². The molecule has 0 aliphatic rings. The highest BCUT2D eigenvalue weighted by atomic mass is 19.1. The van der Waals surface area contributed by atoms with Crippen molar-refractivity contribution >= 4 is 11.7 Å². The van der Waals surface area contributed by atoms with Gasteiger partial charge in [0.15, 0.2) is 0 Å². The molecule has 2 N–H and O–H groups in total. The van der Waals surface area contributed by atoms with Crippen LogP contribution in [0.3, 0.4) is 0 Å². The summed E-state index contributed by atoms with van der Waals surface area (Å²) in [5.74, 6) is -2.25. The zero-order valence-corrected chi connectivity index (χ0v) is 8.38. The van der Waals surface area contributed by atoms with E-state index in [-0.39, 0.29) is 0 Å². The predicted octanol–water partition coefficient (Wildman–Crippen LogP) is 2.78. The first-order chi connectivity index (χ1) is 7.50. The van der Waals surface area contributed by atoms with Gasteiger partial charge in [-0.15, -0.1) is 5.11 Å². The van der Waals surface area contributed by atoms with Crippen molar-refractivity contribution in [2.45, 2.75) is 6.92 Å². The first kappa shape index (κ1) is 11.8. The lowest BCUT2D eigenvalue weighted by Gasteiger charge is -1.95. The van der Waals surface area contributed by atoms with Crippen LogP contribution in [0.25, 0.3) is 0 Å². The van der Waals surface area contributed by atoms with Crippen LogP contribution in [0, 0.1) is 5.82 Å². The van der Waals surface area contributed by atoms with Crippen molar-refractivity contribution in [3.63, 3.8) is 0 Å². The molecule has 0 amide bonds. The smallest absolute Gasteiger partial charge is 0.359 e. The van der Waals surface area contributed by atoms with Gasteiger partial charge < -0.3 is 10.2 Å². The van der Waals surface area contributed by atoms with Crippen LogP contribution >= 0.6 is 0 Å². The first-order valence-corrected chi connectivity index (χ1v) is 4.31. The number of benzene rings is 1. The maximum absolute atomic E-state index is 12.5. The van der Waals surface area contributed by atoms with E-state index in [2.05, 4.69) is 10.2 Å². The lowest BCUT2D eigenvalue weighted by molar-refractivity contribution is -0.132. The Morgan fingerprint density at radius 1 is 1.25 bits per heavy atom. The van der Waals surface area contributed by atoms with Crippen LogP contribution in [0.2, 0.25) is 0 Å². The van der Waals surface area contributed by atoms with Crippen molar-refractivity contribution < 1.29 is 19.4 Å². The summed E-state index contributed by atoms with van der Waals surface area (Å²) in [6.07, 6.45) is 0. The number of carboxylic acid groups (broad SMARTS) is 1. The highest BCUT2D eigenvalue weighted by molar-refractivity contribution is 5.86. The molecule has 0 bridgehead atoms. The zero-order valence-electron chi connectivity index (χ0n) is 8.38. The maximum atomic E-state index is 12.5. The zero-order chi connectivity index (χ0) is 12.1. The van der Waals surface area contributed by atoms with Crippen LogP contribution in [-0.4, -0.2) is 16.2 Å². The molecule has 0 spiro atoms. The fourth-order valence-corrected chi connectivity index (χ4v) is 0.885. The summed E-state index contributed by atoms with van der Waals surface area (Å²) in [6, 6.07) is 5.02. The fourth-order valence-electron chi connectivity index (χ4n) is 0.885. The highest BCUT2D eigenvalue weighted by Gasteiger charge is 2.09. The van der Waals surface area contributed by atoms with E-state index in [0.29, 0.717) is 5.69 Å². The molecular formula is C10H9FN2O3. The van der Waals surface area contributed by atoms with Gasteiger partial charge in [-0.25, -0.2) is 9.18 Å². The van der Waals surface area contributed by atoms with Crippen molar-refractivity contribution in [1.29, 1.82) is 0 Å². The Bertz CT molecular complexity index is 448. The van der Waals surface area contributed by atoms with Crippen LogP contribution < -0.4 is 0 Å². The first-order valence-electron chi connectivity index (χ1n) is 4.31. The second kappa shape index (κ2) is 5.01. The Morgan fingerprint density at radius 2 is 1.81 bits per heavy atom. The van der Waals surface area contributed by atoms with Crippen LogP contribution in [0.4, 0.5) is 10.1 Å². The number of halogens is 1. The molecule has 5 nitrogen and oxygen atoms in total. The van der Waals surface area contributed by atoms with Gasteiger partial charge in [0.1, 0.15) is 11.6 Å². The molecule has 1 aromatic rings. The van der Waals surface area contributed by atoms with Gasteiger partial charge in [-0.1, -0.05) is 0 Å².